The van der Waals surface area contributed by atoms with E-state index in [0.29, 0.717) is 12.6 Å². The molecule has 26 heavy (non-hydrogen) atoms. The second-order valence-electron chi connectivity index (χ2n) is 6.86. The van der Waals surface area contributed by atoms with Gasteiger partial charge in [-0.25, -0.2) is 13.1 Å². The zero-order valence-corrected chi connectivity index (χ0v) is 17.3. The summed E-state index contributed by atoms with van der Waals surface area (Å²) in [5, 5.41) is 10.2. The zero-order chi connectivity index (χ0) is 19.2. The summed E-state index contributed by atoms with van der Waals surface area (Å²) in [7, 11) is -3.69. The number of carbonyl (C=O) groups excluding carboxylic acids is 1. The molecule has 1 saturated heterocycles. The van der Waals surface area contributed by atoms with Crippen molar-refractivity contribution in [3.8, 4) is 0 Å². The lowest BCUT2D eigenvalue weighted by molar-refractivity contribution is -0.118. The zero-order valence-electron chi connectivity index (χ0n) is 15.7. The minimum atomic E-state index is -3.69. The van der Waals surface area contributed by atoms with Gasteiger partial charge in [-0.3, -0.25) is 4.79 Å². The van der Waals surface area contributed by atoms with E-state index in [9.17, 15) is 13.2 Å². The summed E-state index contributed by atoms with van der Waals surface area (Å²) >= 11 is 0.861. The standard InChI is InChI=1S/C16H29N5O3S2/c1-4-13-8-5-6-10-21(13)11-7-9-17-26(23,24)16-20-19-15(25-16)18-14(22)12(2)3/h12-13,17H,4-11H2,1-3H3,(H,18,19,22). The minimum absolute atomic E-state index is 0.124. The number of piperidine rings is 1. The molecule has 8 nitrogen and oxygen atoms in total. The van der Waals surface area contributed by atoms with Crippen LogP contribution in [0.2, 0.25) is 0 Å². The molecular weight excluding hydrogens is 374 g/mol. The van der Waals surface area contributed by atoms with Crippen LogP contribution in [0.5, 0.6) is 0 Å². The number of hydrogen-bond donors (Lipinski definition) is 2. The molecule has 0 radical (unpaired) electrons. The van der Waals surface area contributed by atoms with Crippen LogP contribution in [0.4, 0.5) is 5.13 Å². The monoisotopic (exact) mass is 403 g/mol. The third kappa shape index (κ3) is 5.97. The van der Waals surface area contributed by atoms with E-state index in [2.05, 4.69) is 32.1 Å². The smallest absolute Gasteiger partial charge is 0.269 e. The average molecular weight is 404 g/mol. The number of hydrogen-bond acceptors (Lipinski definition) is 7. The Bertz CT molecular complexity index is 690. The molecule has 1 aromatic heterocycles. The molecule has 2 rings (SSSR count). The number of amides is 1. The summed E-state index contributed by atoms with van der Waals surface area (Å²) in [5.41, 5.74) is 0. The van der Waals surface area contributed by atoms with E-state index < -0.39 is 10.0 Å². The largest absolute Gasteiger partial charge is 0.300 e. The van der Waals surface area contributed by atoms with Crippen LogP contribution in [-0.2, 0) is 14.8 Å². The number of aromatic nitrogens is 2. The number of carbonyl (C=O) groups is 1. The topological polar surface area (TPSA) is 104 Å². The Kier molecular flexibility index (Phi) is 7.93. The van der Waals surface area contributed by atoms with Crippen molar-refractivity contribution in [2.24, 2.45) is 5.92 Å². The number of anilines is 1. The molecule has 1 unspecified atom stereocenters. The van der Waals surface area contributed by atoms with Gasteiger partial charge in [0.25, 0.3) is 10.0 Å². The van der Waals surface area contributed by atoms with Crippen molar-refractivity contribution in [3.05, 3.63) is 0 Å². The van der Waals surface area contributed by atoms with E-state index in [4.69, 9.17) is 0 Å². The van der Waals surface area contributed by atoms with E-state index in [1.54, 1.807) is 13.8 Å². The average Bonchev–Trinajstić information content (AvgIpc) is 3.08. The highest BCUT2D eigenvalue weighted by Crippen LogP contribution is 2.21. The molecule has 0 spiro atoms. The molecule has 1 aliphatic heterocycles. The van der Waals surface area contributed by atoms with Crippen LogP contribution in [0.1, 0.15) is 52.9 Å². The van der Waals surface area contributed by atoms with Crippen LogP contribution in [-0.4, -0.2) is 55.1 Å². The Hall–Kier alpha value is -1.10. The Morgan fingerprint density at radius 3 is 2.81 bits per heavy atom. The number of nitrogens with zero attached hydrogens (tertiary/aromatic N) is 3. The summed E-state index contributed by atoms with van der Waals surface area (Å²) in [4.78, 5) is 14.1. The van der Waals surface area contributed by atoms with E-state index in [-0.39, 0.29) is 21.3 Å². The SMILES string of the molecule is CCC1CCCCN1CCCNS(=O)(=O)c1nnc(NC(=O)C(C)C)s1. The van der Waals surface area contributed by atoms with Crippen molar-refractivity contribution >= 4 is 32.4 Å². The van der Waals surface area contributed by atoms with Gasteiger partial charge < -0.3 is 10.2 Å². The van der Waals surface area contributed by atoms with Crippen LogP contribution in [0, 0.1) is 5.92 Å². The molecule has 0 aromatic carbocycles. The third-order valence-corrected chi connectivity index (χ3v) is 7.19. The van der Waals surface area contributed by atoms with Crippen molar-refractivity contribution in [3.63, 3.8) is 0 Å². The van der Waals surface area contributed by atoms with Gasteiger partial charge in [-0.1, -0.05) is 38.5 Å². The Morgan fingerprint density at radius 2 is 2.12 bits per heavy atom. The molecule has 148 valence electrons. The van der Waals surface area contributed by atoms with Crippen molar-refractivity contribution in [1.82, 2.24) is 19.8 Å². The number of nitrogens with one attached hydrogen (secondary N) is 2. The lowest BCUT2D eigenvalue weighted by Crippen LogP contribution is -2.40. The van der Waals surface area contributed by atoms with Crippen molar-refractivity contribution in [2.45, 2.75) is 63.3 Å². The molecule has 0 saturated carbocycles. The molecule has 0 bridgehead atoms. The van der Waals surface area contributed by atoms with Crippen LogP contribution in [0.3, 0.4) is 0 Å². The van der Waals surface area contributed by atoms with Gasteiger partial charge in [-0.15, -0.1) is 10.2 Å². The fourth-order valence-corrected chi connectivity index (χ4v) is 5.00. The maximum absolute atomic E-state index is 12.3. The van der Waals surface area contributed by atoms with Crippen molar-refractivity contribution in [1.29, 1.82) is 0 Å². The molecule has 0 aliphatic carbocycles. The van der Waals surface area contributed by atoms with Crippen molar-refractivity contribution in [2.75, 3.05) is 25.0 Å². The Morgan fingerprint density at radius 1 is 1.35 bits per heavy atom. The first-order valence-corrected chi connectivity index (χ1v) is 11.5. The summed E-state index contributed by atoms with van der Waals surface area (Å²) < 4.78 is 27.1. The van der Waals surface area contributed by atoms with Gasteiger partial charge in [-0.2, -0.15) is 0 Å². The van der Waals surface area contributed by atoms with Crippen LogP contribution < -0.4 is 10.0 Å². The van der Waals surface area contributed by atoms with Gasteiger partial charge in [0.15, 0.2) is 0 Å². The quantitative estimate of drug-likeness (QED) is 0.483. The van der Waals surface area contributed by atoms with E-state index in [1.807, 2.05) is 0 Å². The molecule has 2 N–H and O–H groups in total. The highest BCUT2D eigenvalue weighted by molar-refractivity contribution is 7.91. The van der Waals surface area contributed by atoms with Gasteiger partial charge in [0.1, 0.15) is 0 Å². The second-order valence-corrected chi connectivity index (χ2v) is 9.78. The number of likely N-dealkylation sites (tertiary alicyclic amines) is 1. The molecular formula is C16H29N5O3S2. The summed E-state index contributed by atoms with van der Waals surface area (Å²) in [6.45, 7) is 8.06. The van der Waals surface area contributed by atoms with E-state index in [1.165, 1.54) is 19.3 Å². The van der Waals surface area contributed by atoms with Crippen LogP contribution in [0.25, 0.3) is 0 Å². The van der Waals surface area contributed by atoms with Gasteiger partial charge >= 0.3 is 0 Å². The summed E-state index contributed by atoms with van der Waals surface area (Å²) in [5.74, 6) is -0.427. The molecule has 1 fully saturated rings. The summed E-state index contributed by atoms with van der Waals surface area (Å²) in [6, 6.07) is 0.621. The van der Waals surface area contributed by atoms with Crippen molar-refractivity contribution < 1.29 is 13.2 Å². The molecule has 1 amide bonds. The second kappa shape index (κ2) is 9.72. The van der Waals surface area contributed by atoms with Gasteiger partial charge in [0, 0.05) is 18.5 Å². The lowest BCUT2D eigenvalue weighted by atomic mass is 10.00. The molecule has 1 aliphatic rings. The van der Waals surface area contributed by atoms with Crippen LogP contribution >= 0.6 is 11.3 Å². The van der Waals surface area contributed by atoms with Crippen LogP contribution in [0.15, 0.2) is 4.34 Å². The molecule has 1 aromatic rings. The minimum Gasteiger partial charge on any atom is -0.300 e. The number of sulfonamides is 1. The third-order valence-electron chi connectivity index (χ3n) is 4.53. The highest BCUT2D eigenvalue weighted by atomic mass is 32.2. The lowest BCUT2D eigenvalue weighted by Gasteiger charge is -2.35. The fraction of sp³-hybridized carbons (Fsp3) is 0.812. The maximum atomic E-state index is 12.3. The van der Waals surface area contributed by atoms with Gasteiger partial charge in [-0.05, 0) is 38.8 Å². The maximum Gasteiger partial charge on any atom is 0.269 e. The van der Waals surface area contributed by atoms with E-state index in [0.717, 1.165) is 37.3 Å². The Labute approximate surface area is 159 Å². The summed E-state index contributed by atoms with van der Waals surface area (Å²) in [6.07, 6.45) is 5.64. The first-order chi connectivity index (χ1) is 12.3. The predicted molar refractivity (Wildman–Crippen MR) is 103 cm³/mol. The molecule has 10 heteroatoms. The van der Waals surface area contributed by atoms with Gasteiger partial charge in [0.2, 0.25) is 15.4 Å². The first kappa shape index (κ1) is 21.2. The number of rotatable bonds is 9. The van der Waals surface area contributed by atoms with Gasteiger partial charge in [0.05, 0.1) is 0 Å². The molecule has 2 heterocycles. The molecule has 1 atom stereocenters. The Balaban J connectivity index is 1.81. The highest BCUT2D eigenvalue weighted by Gasteiger charge is 2.22. The first-order valence-electron chi connectivity index (χ1n) is 9.21. The fourth-order valence-electron chi connectivity index (χ4n) is 2.99. The normalized spacial score (nSPS) is 19.0. The van der Waals surface area contributed by atoms with E-state index >= 15 is 0 Å². The predicted octanol–water partition coefficient (Wildman–Crippen LogP) is 2.07.